The zero-order valence-electron chi connectivity index (χ0n) is 13.6. The topological polar surface area (TPSA) is 81.4 Å². The first-order chi connectivity index (χ1) is 11.6. The molecule has 2 fully saturated rings. The molecule has 1 aliphatic heterocycles. The lowest BCUT2D eigenvalue weighted by atomic mass is 9.85. The number of nitrogens with zero attached hydrogens (tertiary/aromatic N) is 1. The van der Waals surface area contributed by atoms with Gasteiger partial charge in [0.25, 0.3) is 0 Å². The largest absolute Gasteiger partial charge is 0.458 e. The third-order valence-corrected chi connectivity index (χ3v) is 5.17. The summed E-state index contributed by atoms with van der Waals surface area (Å²) in [6.07, 6.45) is 3.72. The number of ether oxygens (including phenoxy) is 1. The average Bonchev–Trinajstić information content (AvgIpc) is 3.25. The summed E-state index contributed by atoms with van der Waals surface area (Å²) in [6.45, 7) is 2.19. The van der Waals surface area contributed by atoms with Crippen LogP contribution in [0.15, 0.2) is 22.6 Å². The van der Waals surface area contributed by atoms with Crippen molar-refractivity contribution in [2.45, 2.75) is 51.2 Å². The van der Waals surface area contributed by atoms with Crippen molar-refractivity contribution >= 4 is 23.0 Å². The Morgan fingerprint density at radius 2 is 2.17 bits per heavy atom. The standard InChI is InChI=1S/C18H20N2O4/c1-11-5-4-6-13-16(11)20-14(23-13)10-19-17(22)12-9-15(21)24-18(12)7-2-3-8-18/h4-6,12H,2-3,7-10H2,1H3,(H,19,22). The summed E-state index contributed by atoms with van der Waals surface area (Å²) >= 11 is 0. The van der Waals surface area contributed by atoms with E-state index in [1.807, 2.05) is 25.1 Å². The van der Waals surface area contributed by atoms with E-state index in [4.69, 9.17) is 9.15 Å². The minimum absolute atomic E-state index is 0.151. The number of nitrogens with one attached hydrogen (secondary N) is 1. The molecule has 1 aliphatic carbocycles. The Kier molecular flexibility index (Phi) is 3.55. The molecular weight excluding hydrogens is 308 g/mol. The maximum Gasteiger partial charge on any atom is 0.307 e. The van der Waals surface area contributed by atoms with Crippen LogP contribution in [0.25, 0.3) is 11.1 Å². The zero-order valence-corrected chi connectivity index (χ0v) is 13.6. The fourth-order valence-electron chi connectivity index (χ4n) is 3.94. The molecule has 1 saturated heterocycles. The molecule has 1 N–H and O–H groups in total. The second kappa shape index (κ2) is 5.61. The number of hydrogen-bond donors (Lipinski definition) is 1. The normalized spacial score (nSPS) is 22.2. The molecule has 2 aromatic rings. The molecule has 1 atom stereocenters. The molecule has 1 saturated carbocycles. The van der Waals surface area contributed by atoms with Crippen molar-refractivity contribution in [1.29, 1.82) is 0 Å². The molecule has 1 spiro atoms. The minimum Gasteiger partial charge on any atom is -0.458 e. The third kappa shape index (κ3) is 2.46. The van der Waals surface area contributed by atoms with Crippen LogP contribution in [0.3, 0.4) is 0 Å². The monoisotopic (exact) mass is 328 g/mol. The maximum atomic E-state index is 12.6. The highest BCUT2D eigenvalue weighted by Gasteiger charge is 2.53. The highest BCUT2D eigenvalue weighted by atomic mass is 16.6. The number of hydrogen-bond acceptors (Lipinski definition) is 5. The van der Waals surface area contributed by atoms with Gasteiger partial charge in [-0.15, -0.1) is 0 Å². The van der Waals surface area contributed by atoms with Gasteiger partial charge < -0.3 is 14.5 Å². The molecule has 1 aromatic heterocycles. The van der Waals surface area contributed by atoms with Crippen molar-refractivity contribution < 1.29 is 18.7 Å². The van der Waals surface area contributed by atoms with Gasteiger partial charge in [0.2, 0.25) is 11.8 Å². The molecule has 0 radical (unpaired) electrons. The summed E-state index contributed by atoms with van der Waals surface area (Å²) in [7, 11) is 0. The molecule has 2 heterocycles. The first kappa shape index (κ1) is 15.2. The molecule has 0 bridgehead atoms. The Hall–Kier alpha value is -2.37. The van der Waals surface area contributed by atoms with E-state index in [0.29, 0.717) is 11.5 Å². The van der Waals surface area contributed by atoms with E-state index in [1.54, 1.807) is 0 Å². The lowest BCUT2D eigenvalue weighted by molar-refractivity contribution is -0.150. The van der Waals surface area contributed by atoms with Gasteiger partial charge in [-0.2, -0.15) is 0 Å². The van der Waals surface area contributed by atoms with E-state index in [2.05, 4.69) is 10.3 Å². The van der Waals surface area contributed by atoms with Gasteiger partial charge >= 0.3 is 5.97 Å². The molecule has 1 unspecified atom stereocenters. The van der Waals surface area contributed by atoms with Gasteiger partial charge in [-0.1, -0.05) is 12.1 Å². The second-order valence-corrected chi connectivity index (χ2v) is 6.75. The lowest BCUT2D eigenvalue weighted by Crippen LogP contribution is -2.42. The van der Waals surface area contributed by atoms with Gasteiger partial charge in [0.1, 0.15) is 11.1 Å². The highest BCUT2D eigenvalue weighted by Crippen LogP contribution is 2.45. The Balaban J connectivity index is 1.47. The predicted octanol–water partition coefficient (Wildman–Crippen LogP) is 2.63. The van der Waals surface area contributed by atoms with Crippen LogP contribution in [0.1, 0.15) is 43.6 Å². The van der Waals surface area contributed by atoms with Gasteiger partial charge in [0, 0.05) is 0 Å². The summed E-state index contributed by atoms with van der Waals surface area (Å²) in [5, 5.41) is 2.87. The summed E-state index contributed by atoms with van der Waals surface area (Å²) in [4.78, 5) is 28.7. The van der Waals surface area contributed by atoms with Crippen molar-refractivity contribution in [2.24, 2.45) is 5.92 Å². The quantitative estimate of drug-likeness (QED) is 0.876. The molecule has 24 heavy (non-hydrogen) atoms. The zero-order chi connectivity index (χ0) is 16.7. The molecule has 126 valence electrons. The molecule has 4 rings (SSSR count). The van der Waals surface area contributed by atoms with Gasteiger partial charge in [-0.25, -0.2) is 4.98 Å². The Morgan fingerprint density at radius 3 is 2.92 bits per heavy atom. The molecule has 2 aliphatic rings. The van der Waals surface area contributed by atoms with Crippen LogP contribution in [0.5, 0.6) is 0 Å². The molecule has 6 nitrogen and oxygen atoms in total. The van der Waals surface area contributed by atoms with Crippen molar-refractivity contribution in [3.8, 4) is 0 Å². The van der Waals surface area contributed by atoms with E-state index in [9.17, 15) is 9.59 Å². The van der Waals surface area contributed by atoms with Crippen molar-refractivity contribution in [2.75, 3.05) is 0 Å². The van der Waals surface area contributed by atoms with Crippen molar-refractivity contribution in [3.05, 3.63) is 29.7 Å². The Bertz CT molecular complexity index is 804. The molecule has 6 heteroatoms. The number of carbonyl (C=O) groups is 2. The van der Waals surface area contributed by atoms with Gasteiger partial charge in [0.05, 0.1) is 18.9 Å². The van der Waals surface area contributed by atoms with E-state index < -0.39 is 11.5 Å². The number of benzene rings is 1. The maximum absolute atomic E-state index is 12.6. The van der Waals surface area contributed by atoms with E-state index >= 15 is 0 Å². The number of carbonyl (C=O) groups excluding carboxylic acids is 2. The minimum atomic E-state index is -0.584. The molecule has 1 aromatic carbocycles. The van der Waals surface area contributed by atoms with Crippen LogP contribution in [0.2, 0.25) is 0 Å². The summed E-state index contributed by atoms with van der Waals surface area (Å²) in [5.74, 6) is -0.353. The fourth-order valence-corrected chi connectivity index (χ4v) is 3.94. The number of fused-ring (bicyclic) bond motifs is 1. The van der Waals surface area contributed by atoms with Crippen LogP contribution in [-0.4, -0.2) is 22.5 Å². The van der Waals surface area contributed by atoms with E-state index in [-0.39, 0.29) is 24.8 Å². The second-order valence-electron chi connectivity index (χ2n) is 6.75. The SMILES string of the molecule is Cc1cccc2oc(CNC(=O)C3CC(=O)OC34CCCC4)nc12. The van der Waals surface area contributed by atoms with Gasteiger partial charge in [-0.05, 0) is 44.2 Å². The summed E-state index contributed by atoms with van der Waals surface area (Å²) in [6, 6.07) is 5.74. The molecular formula is C18H20N2O4. The van der Waals surface area contributed by atoms with Crippen LogP contribution < -0.4 is 5.32 Å². The van der Waals surface area contributed by atoms with Crippen LogP contribution in [0, 0.1) is 12.8 Å². The summed E-state index contributed by atoms with van der Waals surface area (Å²) in [5.41, 5.74) is 1.98. The number of amides is 1. The molecule has 1 amide bonds. The smallest absolute Gasteiger partial charge is 0.307 e. The Labute approximate surface area is 139 Å². The van der Waals surface area contributed by atoms with Gasteiger partial charge in [0.15, 0.2) is 5.58 Å². The Morgan fingerprint density at radius 1 is 1.38 bits per heavy atom. The first-order valence-corrected chi connectivity index (χ1v) is 8.42. The summed E-state index contributed by atoms with van der Waals surface area (Å²) < 4.78 is 11.2. The van der Waals surface area contributed by atoms with Crippen LogP contribution in [0.4, 0.5) is 0 Å². The predicted molar refractivity (Wildman–Crippen MR) is 86.0 cm³/mol. The van der Waals surface area contributed by atoms with Gasteiger partial charge in [-0.3, -0.25) is 9.59 Å². The number of esters is 1. The van der Waals surface area contributed by atoms with Crippen molar-refractivity contribution in [3.63, 3.8) is 0 Å². The first-order valence-electron chi connectivity index (χ1n) is 8.42. The van der Waals surface area contributed by atoms with Crippen LogP contribution in [-0.2, 0) is 20.9 Å². The number of aromatic nitrogens is 1. The average molecular weight is 328 g/mol. The number of para-hydroxylation sites is 1. The third-order valence-electron chi connectivity index (χ3n) is 5.17. The number of rotatable bonds is 3. The number of oxazole rings is 1. The van der Waals surface area contributed by atoms with E-state index in [1.165, 1.54) is 0 Å². The fraction of sp³-hybridized carbons (Fsp3) is 0.500. The highest BCUT2D eigenvalue weighted by molar-refractivity contribution is 5.88. The van der Waals surface area contributed by atoms with Crippen molar-refractivity contribution in [1.82, 2.24) is 10.3 Å². The lowest BCUT2D eigenvalue weighted by Gasteiger charge is -2.27. The number of aryl methyl sites for hydroxylation is 1. The van der Waals surface area contributed by atoms with E-state index in [0.717, 1.165) is 36.8 Å². The van der Waals surface area contributed by atoms with Crippen LogP contribution >= 0.6 is 0 Å².